The van der Waals surface area contributed by atoms with E-state index in [1.54, 1.807) is 36.4 Å². The van der Waals surface area contributed by atoms with Gasteiger partial charge >= 0.3 is 6.03 Å². The molecule has 1 heterocycles. The molecule has 1 aliphatic heterocycles. The van der Waals surface area contributed by atoms with Gasteiger partial charge in [0.25, 0.3) is 0 Å². The van der Waals surface area contributed by atoms with Crippen LogP contribution in [-0.2, 0) is 13.1 Å². The SMILES string of the molecule is CN1CCC(N(Cc2ccc(F)cc2)C(=O)NCc2ccc(O)cc2)CC1. The summed E-state index contributed by atoms with van der Waals surface area (Å²) < 4.78 is 13.2. The third-order valence-electron chi connectivity index (χ3n) is 5.04. The highest BCUT2D eigenvalue weighted by Crippen LogP contribution is 2.19. The first-order chi connectivity index (χ1) is 13.0. The van der Waals surface area contributed by atoms with Crippen LogP contribution in [0.4, 0.5) is 9.18 Å². The number of halogens is 1. The van der Waals surface area contributed by atoms with Crippen molar-refractivity contribution in [1.82, 2.24) is 15.1 Å². The Labute approximate surface area is 159 Å². The lowest BCUT2D eigenvalue weighted by Gasteiger charge is -2.37. The third-order valence-corrected chi connectivity index (χ3v) is 5.04. The smallest absolute Gasteiger partial charge is 0.318 e. The molecule has 3 rings (SSSR count). The van der Waals surface area contributed by atoms with Crippen molar-refractivity contribution in [2.24, 2.45) is 0 Å². The molecule has 27 heavy (non-hydrogen) atoms. The van der Waals surface area contributed by atoms with Crippen LogP contribution < -0.4 is 5.32 Å². The Hall–Kier alpha value is -2.60. The number of urea groups is 1. The van der Waals surface area contributed by atoms with Gasteiger partial charge in [0.1, 0.15) is 11.6 Å². The second-order valence-electron chi connectivity index (χ2n) is 7.11. The lowest BCUT2D eigenvalue weighted by atomic mass is 10.0. The standard InChI is InChI=1S/C21H26FN3O2/c1-24-12-10-19(11-13-24)25(15-17-2-6-18(22)7-3-17)21(27)23-14-16-4-8-20(26)9-5-16/h2-9,19,26H,10-15H2,1H3,(H,23,27). The molecule has 2 aromatic carbocycles. The fourth-order valence-electron chi connectivity index (χ4n) is 3.35. The lowest BCUT2D eigenvalue weighted by molar-refractivity contribution is 0.127. The van der Waals surface area contributed by atoms with Crippen molar-refractivity contribution in [2.45, 2.75) is 32.0 Å². The van der Waals surface area contributed by atoms with Gasteiger partial charge in [0.2, 0.25) is 0 Å². The van der Waals surface area contributed by atoms with Gasteiger partial charge in [-0.25, -0.2) is 9.18 Å². The number of aromatic hydroxyl groups is 1. The van der Waals surface area contributed by atoms with Crippen molar-refractivity contribution in [2.75, 3.05) is 20.1 Å². The van der Waals surface area contributed by atoms with E-state index in [0.29, 0.717) is 13.1 Å². The van der Waals surface area contributed by atoms with Crippen molar-refractivity contribution in [3.8, 4) is 5.75 Å². The Balaban J connectivity index is 1.68. The number of phenolic OH excluding ortho intramolecular Hbond substituents is 1. The zero-order valence-electron chi connectivity index (χ0n) is 15.6. The van der Waals surface area contributed by atoms with Crippen LogP contribution in [0.2, 0.25) is 0 Å². The van der Waals surface area contributed by atoms with Crippen LogP contribution in [0.25, 0.3) is 0 Å². The first-order valence-electron chi connectivity index (χ1n) is 9.26. The number of benzene rings is 2. The molecule has 5 nitrogen and oxygen atoms in total. The maximum atomic E-state index is 13.2. The van der Waals surface area contributed by atoms with Gasteiger partial charge < -0.3 is 20.2 Å². The van der Waals surface area contributed by atoms with Crippen LogP contribution in [0.1, 0.15) is 24.0 Å². The van der Waals surface area contributed by atoms with Gasteiger partial charge in [0.05, 0.1) is 0 Å². The van der Waals surface area contributed by atoms with E-state index in [-0.39, 0.29) is 23.6 Å². The van der Waals surface area contributed by atoms with Crippen LogP contribution in [0.15, 0.2) is 48.5 Å². The molecule has 0 bridgehead atoms. The second-order valence-corrected chi connectivity index (χ2v) is 7.11. The number of nitrogens with zero attached hydrogens (tertiary/aromatic N) is 2. The van der Waals surface area contributed by atoms with Crippen LogP contribution in [0.3, 0.4) is 0 Å². The summed E-state index contributed by atoms with van der Waals surface area (Å²) in [6.45, 7) is 2.76. The maximum Gasteiger partial charge on any atom is 0.318 e. The van der Waals surface area contributed by atoms with E-state index < -0.39 is 0 Å². The molecule has 1 aliphatic rings. The van der Waals surface area contributed by atoms with E-state index in [1.807, 2.05) is 4.90 Å². The van der Waals surface area contributed by atoms with Crippen molar-refractivity contribution in [3.63, 3.8) is 0 Å². The molecule has 2 aromatic rings. The molecule has 0 radical (unpaired) electrons. The Kier molecular flexibility index (Phi) is 6.29. The molecule has 0 aromatic heterocycles. The topological polar surface area (TPSA) is 55.8 Å². The monoisotopic (exact) mass is 371 g/mol. The fourth-order valence-corrected chi connectivity index (χ4v) is 3.35. The Bertz CT molecular complexity index is 741. The van der Waals surface area contributed by atoms with E-state index in [9.17, 15) is 14.3 Å². The molecular formula is C21H26FN3O2. The minimum atomic E-state index is -0.277. The molecule has 2 N–H and O–H groups in total. The average Bonchev–Trinajstić information content (AvgIpc) is 2.68. The van der Waals surface area contributed by atoms with E-state index in [0.717, 1.165) is 37.1 Å². The van der Waals surface area contributed by atoms with Crippen molar-refractivity contribution in [3.05, 3.63) is 65.5 Å². The molecular weight excluding hydrogens is 345 g/mol. The van der Waals surface area contributed by atoms with Crippen molar-refractivity contribution >= 4 is 6.03 Å². The normalized spacial score (nSPS) is 15.5. The highest BCUT2D eigenvalue weighted by atomic mass is 19.1. The van der Waals surface area contributed by atoms with Crippen LogP contribution in [0.5, 0.6) is 5.75 Å². The summed E-state index contributed by atoms with van der Waals surface area (Å²) in [4.78, 5) is 17.0. The summed E-state index contributed by atoms with van der Waals surface area (Å²) in [5.41, 5.74) is 1.83. The van der Waals surface area contributed by atoms with Crippen molar-refractivity contribution in [1.29, 1.82) is 0 Å². The van der Waals surface area contributed by atoms with Gasteiger partial charge in [-0.1, -0.05) is 24.3 Å². The zero-order valence-corrected chi connectivity index (χ0v) is 15.6. The molecule has 0 unspecified atom stereocenters. The molecule has 2 amide bonds. The number of carbonyl (C=O) groups is 1. The predicted molar refractivity (Wildman–Crippen MR) is 103 cm³/mol. The van der Waals surface area contributed by atoms with E-state index in [1.165, 1.54) is 12.1 Å². The lowest BCUT2D eigenvalue weighted by Crippen LogP contribution is -2.49. The van der Waals surface area contributed by atoms with Gasteiger partial charge in [-0.2, -0.15) is 0 Å². The largest absolute Gasteiger partial charge is 0.508 e. The summed E-state index contributed by atoms with van der Waals surface area (Å²) in [7, 11) is 2.09. The van der Waals surface area contributed by atoms with E-state index in [4.69, 9.17) is 0 Å². The van der Waals surface area contributed by atoms with Gasteiger partial charge in [-0.05, 0) is 68.4 Å². The molecule has 0 saturated carbocycles. The predicted octanol–water partition coefficient (Wildman–Crippen LogP) is 3.34. The Morgan fingerprint density at radius 1 is 1.11 bits per heavy atom. The van der Waals surface area contributed by atoms with Gasteiger partial charge in [0, 0.05) is 19.1 Å². The summed E-state index contributed by atoms with van der Waals surface area (Å²) in [5.74, 6) is -0.0734. The quantitative estimate of drug-likeness (QED) is 0.848. The second kappa shape index (κ2) is 8.86. The summed E-state index contributed by atoms with van der Waals surface area (Å²) in [6, 6.07) is 13.1. The zero-order chi connectivity index (χ0) is 19.2. The van der Waals surface area contributed by atoms with E-state index >= 15 is 0 Å². The van der Waals surface area contributed by atoms with Gasteiger partial charge in [-0.3, -0.25) is 0 Å². The number of rotatable bonds is 5. The highest BCUT2D eigenvalue weighted by Gasteiger charge is 2.27. The molecule has 6 heteroatoms. The van der Waals surface area contributed by atoms with Gasteiger partial charge in [-0.15, -0.1) is 0 Å². The highest BCUT2D eigenvalue weighted by molar-refractivity contribution is 5.74. The Morgan fingerprint density at radius 2 is 1.70 bits per heavy atom. The number of hydrogen-bond donors (Lipinski definition) is 2. The summed E-state index contributed by atoms with van der Waals surface area (Å²) >= 11 is 0. The van der Waals surface area contributed by atoms with Crippen LogP contribution in [-0.4, -0.2) is 47.1 Å². The molecule has 1 saturated heterocycles. The number of amides is 2. The number of carbonyl (C=O) groups excluding carboxylic acids is 1. The first-order valence-corrected chi connectivity index (χ1v) is 9.26. The average molecular weight is 371 g/mol. The number of piperidine rings is 1. The minimum Gasteiger partial charge on any atom is -0.508 e. The molecule has 1 fully saturated rings. The minimum absolute atomic E-state index is 0.123. The number of phenols is 1. The molecule has 144 valence electrons. The molecule has 0 atom stereocenters. The summed E-state index contributed by atoms with van der Waals surface area (Å²) in [6.07, 6.45) is 1.84. The number of nitrogens with one attached hydrogen (secondary N) is 1. The van der Waals surface area contributed by atoms with Gasteiger partial charge in [0.15, 0.2) is 0 Å². The first kappa shape index (κ1) is 19.2. The number of likely N-dealkylation sites (tertiary alicyclic amines) is 1. The fraction of sp³-hybridized carbons (Fsp3) is 0.381. The Morgan fingerprint density at radius 3 is 2.33 bits per heavy atom. The molecule has 0 aliphatic carbocycles. The number of hydrogen-bond acceptors (Lipinski definition) is 3. The molecule has 0 spiro atoms. The van der Waals surface area contributed by atoms with Crippen LogP contribution >= 0.6 is 0 Å². The third kappa shape index (κ3) is 5.44. The van der Waals surface area contributed by atoms with Crippen molar-refractivity contribution < 1.29 is 14.3 Å². The van der Waals surface area contributed by atoms with Crippen LogP contribution in [0, 0.1) is 5.82 Å². The maximum absolute atomic E-state index is 13.2. The van der Waals surface area contributed by atoms with E-state index in [2.05, 4.69) is 17.3 Å². The summed E-state index contributed by atoms with van der Waals surface area (Å²) in [5, 5.41) is 12.3.